The number of halogens is 1. The maximum atomic E-state index is 13.4. The second-order valence-corrected chi connectivity index (χ2v) is 9.47. The van der Waals surface area contributed by atoms with E-state index in [0.717, 1.165) is 38.4 Å². The molecule has 0 atom stereocenters. The number of nitrogens with one attached hydrogen (secondary N) is 1. The number of carbonyl (C=O) groups is 1. The summed E-state index contributed by atoms with van der Waals surface area (Å²) in [5.74, 6) is -0.249. The highest BCUT2D eigenvalue weighted by Gasteiger charge is 2.18. The molecule has 6 nitrogen and oxygen atoms in total. The fourth-order valence-corrected chi connectivity index (χ4v) is 5.55. The van der Waals surface area contributed by atoms with E-state index in [1.165, 1.54) is 41.6 Å². The Morgan fingerprint density at radius 3 is 2.62 bits per heavy atom. The second-order valence-electron chi connectivity index (χ2n) is 7.65. The Morgan fingerprint density at radius 1 is 1.09 bits per heavy atom. The number of fused-ring (bicyclic) bond motifs is 1. The third kappa shape index (κ3) is 4.32. The molecule has 34 heavy (non-hydrogen) atoms. The molecule has 0 fully saturated rings. The number of nitrogens with zero attached hydrogens (tertiary/aromatic N) is 4. The van der Waals surface area contributed by atoms with Gasteiger partial charge in [-0.05, 0) is 43.7 Å². The van der Waals surface area contributed by atoms with Crippen LogP contribution >= 0.6 is 23.1 Å². The number of amides is 1. The van der Waals surface area contributed by atoms with Crippen LogP contribution in [0.1, 0.15) is 11.4 Å². The van der Waals surface area contributed by atoms with Crippen molar-refractivity contribution < 1.29 is 9.18 Å². The summed E-state index contributed by atoms with van der Waals surface area (Å²) in [4.78, 5) is 22.5. The summed E-state index contributed by atoms with van der Waals surface area (Å²) >= 11 is 2.85. The third-order valence-corrected chi connectivity index (χ3v) is 7.26. The molecule has 5 rings (SSSR count). The highest BCUT2D eigenvalue weighted by molar-refractivity contribution is 8.00. The van der Waals surface area contributed by atoms with Gasteiger partial charge in [-0.3, -0.25) is 4.79 Å². The number of hydrogen-bond acceptors (Lipinski definition) is 6. The maximum absolute atomic E-state index is 13.4. The first-order valence-electron chi connectivity index (χ1n) is 10.5. The average Bonchev–Trinajstić information content (AvgIpc) is 3.41. The van der Waals surface area contributed by atoms with Crippen LogP contribution in [0.15, 0.2) is 71.3 Å². The molecule has 0 spiro atoms. The van der Waals surface area contributed by atoms with Crippen LogP contribution in [-0.4, -0.2) is 31.4 Å². The summed E-state index contributed by atoms with van der Waals surface area (Å²) in [6.07, 6.45) is 1.51. The highest BCUT2D eigenvalue weighted by atomic mass is 32.2. The van der Waals surface area contributed by atoms with E-state index in [1.807, 2.05) is 54.2 Å². The van der Waals surface area contributed by atoms with Gasteiger partial charge in [0.2, 0.25) is 5.91 Å². The predicted octanol–water partition coefficient (Wildman–Crippen LogP) is 6.03. The van der Waals surface area contributed by atoms with Crippen LogP contribution in [0.2, 0.25) is 0 Å². The van der Waals surface area contributed by atoms with E-state index < -0.39 is 0 Å². The standard InChI is InChI=1S/C25H20FN5OS2/c1-15-23(16(2)31(30-15)19-6-4-3-5-7-19)29-21(32)13-34-25-22-20(12-33-24(22)27-14-28-25)17-8-10-18(26)11-9-17/h3-12,14H,13H2,1-2H3,(H,29,32). The topological polar surface area (TPSA) is 72.7 Å². The van der Waals surface area contributed by atoms with Gasteiger partial charge in [-0.2, -0.15) is 5.10 Å². The number of rotatable bonds is 6. The minimum atomic E-state index is -0.285. The van der Waals surface area contributed by atoms with Gasteiger partial charge >= 0.3 is 0 Å². The fraction of sp³-hybridized carbons (Fsp3) is 0.120. The average molecular weight is 490 g/mol. The molecule has 170 valence electrons. The van der Waals surface area contributed by atoms with Crippen molar-refractivity contribution in [3.63, 3.8) is 0 Å². The lowest BCUT2D eigenvalue weighted by molar-refractivity contribution is -0.113. The van der Waals surface area contributed by atoms with Crippen molar-refractivity contribution in [2.45, 2.75) is 18.9 Å². The summed E-state index contributed by atoms with van der Waals surface area (Å²) in [6, 6.07) is 16.1. The quantitative estimate of drug-likeness (QED) is 0.233. The minimum Gasteiger partial charge on any atom is -0.322 e. The van der Waals surface area contributed by atoms with Crippen LogP contribution in [-0.2, 0) is 4.79 Å². The molecule has 0 bridgehead atoms. The lowest BCUT2D eigenvalue weighted by Crippen LogP contribution is -2.15. The van der Waals surface area contributed by atoms with Gasteiger partial charge in [-0.25, -0.2) is 19.0 Å². The monoisotopic (exact) mass is 489 g/mol. The van der Waals surface area contributed by atoms with Gasteiger partial charge in [0.25, 0.3) is 0 Å². The molecular weight excluding hydrogens is 469 g/mol. The number of thiophene rings is 1. The molecule has 0 saturated carbocycles. The van der Waals surface area contributed by atoms with Crippen molar-refractivity contribution in [1.82, 2.24) is 19.7 Å². The molecule has 0 aliphatic rings. The number of para-hydroxylation sites is 1. The van der Waals surface area contributed by atoms with Gasteiger partial charge < -0.3 is 5.32 Å². The molecule has 0 radical (unpaired) electrons. The molecule has 3 aromatic heterocycles. The molecule has 3 heterocycles. The van der Waals surface area contributed by atoms with E-state index in [-0.39, 0.29) is 17.5 Å². The van der Waals surface area contributed by atoms with Crippen LogP contribution in [0.25, 0.3) is 27.0 Å². The van der Waals surface area contributed by atoms with Crippen molar-refractivity contribution in [2.75, 3.05) is 11.1 Å². The second kappa shape index (κ2) is 9.36. The van der Waals surface area contributed by atoms with Crippen LogP contribution in [0, 0.1) is 19.7 Å². The van der Waals surface area contributed by atoms with E-state index in [1.54, 1.807) is 12.1 Å². The maximum Gasteiger partial charge on any atom is 0.234 e. The van der Waals surface area contributed by atoms with Crippen molar-refractivity contribution in [3.05, 3.63) is 83.5 Å². The van der Waals surface area contributed by atoms with Crippen molar-refractivity contribution in [3.8, 4) is 16.8 Å². The Hall–Kier alpha value is -3.56. The van der Waals surface area contributed by atoms with Gasteiger partial charge in [0.1, 0.15) is 22.0 Å². The summed E-state index contributed by atoms with van der Waals surface area (Å²) in [5, 5.41) is 11.2. The normalized spacial score (nSPS) is 11.1. The zero-order chi connectivity index (χ0) is 23.7. The van der Waals surface area contributed by atoms with E-state index in [2.05, 4.69) is 20.4 Å². The molecule has 0 aliphatic heterocycles. The molecule has 1 N–H and O–H groups in total. The number of aromatic nitrogens is 4. The first kappa shape index (κ1) is 22.2. The Balaban J connectivity index is 1.36. The minimum absolute atomic E-state index is 0.144. The number of anilines is 1. The predicted molar refractivity (Wildman–Crippen MR) is 135 cm³/mol. The number of thioether (sulfide) groups is 1. The highest BCUT2D eigenvalue weighted by Crippen LogP contribution is 2.38. The van der Waals surface area contributed by atoms with Crippen LogP contribution in [0.3, 0.4) is 0 Å². The Labute approximate surface area is 203 Å². The third-order valence-electron chi connectivity index (χ3n) is 5.39. The van der Waals surface area contributed by atoms with E-state index in [9.17, 15) is 9.18 Å². The number of hydrogen-bond donors (Lipinski definition) is 1. The Morgan fingerprint density at radius 2 is 1.85 bits per heavy atom. The molecule has 0 unspecified atom stereocenters. The van der Waals surface area contributed by atoms with E-state index in [4.69, 9.17) is 0 Å². The summed E-state index contributed by atoms with van der Waals surface area (Å²) in [6.45, 7) is 3.81. The van der Waals surface area contributed by atoms with Gasteiger partial charge in [-0.15, -0.1) is 11.3 Å². The fourth-order valence-electron chi connectivity index (χ4n) is 3.75. The van der Waals surface area contributed by atoms with Crippen molar-refractivity contribution >= 4 is 44.9 Å². The number of aryl methyl sites for hydroxylation is 1. The molecule has 2 aromatic carbocycles. The van der Waals surface area contributed by atoms with Gasteiger partial charge in [0.15, 0.2) is 0 Å². The molecular formula is C25H20FN5OS2. The Kier molecular flexibility index (Phi) is 6.12. The smallest absolute Gasteiger partial charge is 0.234 e. The summed E-state index contributed by atoms with van der Waals surface area (Å²) in [7, 11) is 0. The SMILES string of the molecule is Cc1nn(-c2ccccc2)c(C)c1NC(=O)CSc1ncnc2scc(-c3ccc(F)cc3)c12. The van der Waals surface area contributed by atoms with Crippen LogP contribution in [0.4, 0.5) is 10.1 Å². The molecule has 0 saturated heterocycles. The molecule has 1 amide bonds. The number of carbonyl (C=O) groups excluding carboxylic acids is 1. The van der Waals surface area contributed by atoms with Gasteiger partial charge in [-0.1, -0.05) is 42.1 Å². The zero-order valence-electron chi connectivity index (χ0n) is 18.4. The largest absolute Gasteiger partial charge is 0.322 e. The van der Waals surface area contributed by atoms with E-state index >= 15 is 0 Å². The first-order chi connectivity index (χ1) is 16.5. The summed E-state index contributed by atoms with van der Waals surface area (Å²) in [5.41, 5.74) is 5.08. The molecule has 5 aromatic rings. The first-order valence-corrected chi connectivity index (χ1v) is 12.4. The van der Waals surface area contributed by atoms with Crippen LogP contribution < -0.4 is 5.32 Å². The zero-order valence-corrected chi connectivity index (χ0v) is 20.1. The van der Waals surface area contributed by atoms with Crippen molar-refractivity contribution in [1.29, 1.82) is 0 Å². The number of benzene rings is 2. The lowest BCUT2D eigenvalue weighted by atomic mass is 10.1. The Bertz CT molecular complexity index is 1480. The lowest BCUT2D eigenvalue weighted by Gasteiger charge is -2.08. The van der Waals surface area contributed by atoms with Crippen LogP contribution in [0.5, 0.6) is 0 Å². The van der Waals surface area contributed by atoms with Crippen molar-refractivity contribution in [2.24, 2.45) is 0 Å². The van der Waals surface area contributed by atoms with Gasteiger partial charge in [0, 0.05) is 10.9 Å². The molecule has 0 aliphatic carbocycles. The van der Waals surface area contributed by atoms with Gasteiger partial charge in [0.05, 0.1) is 33.9 Å². The molecule has 9 heteroatoms. The van der Waals surface area contributed by atoms with E-state index in [0.29, 0.717) is 10.7 Å². The summed E-state index contributed by atoms with van der Waals surface area (Å²) < 4.78 is 15.2.